The van der Waals surface area contributed by atoms with Crippen molar-refractivity contribution in [3.05, 3.63) is 96.1 Å². The number of para-hydroxylation sites is 1. The van der Waals surface area contributed by atoms with E-state index in [4.69, 9.17) is 0 Å². The van der Waals surface area contributed by atoms with E-state index in [1.807, 2.05) is 23.1 Å². The molecule has 0 spiro atoms. The summed E-state index contributed by atoms with van der Waals surface area (Å²) in [7, 11) is 0. The molecule has 2 unspecified atom stereocenters. The molecular formula is C21H16NS2+. The Morgan fingerprint density at radius 1 is 0.667 bits per heavy atom. The molecular weight excluding hydrogens is 330 g/mol. The van der Waals surface area contributed by atoms with E-state index < -0.39 is 0 Å². The van der Waals surface area contributed by atoms with Crippen LogP contribution in [0.4, 0.5) is 0 Å². The smallest absolute Gasteiger partial charge is 0.168 e. The van der Waals surface area contributed by atoms with Crippen LogP contribution < -0.4 is 4.57 Å². The summed E-state index contributed by atoms with van der Waals surface area (Å²) >= 11 is 3.91. The van der Waals surface area contributed by atoms with Crippen LogP contribution in [0.3, 0.4) is 0 Å². The molecule has 2 atom stereocenters. The molecule has 24 heavy (non-hydrogen) atoms. The van der Waals surface area contributed by atoms with Crippen molar-refractivity contribution in [1.29, 1.82) is 0 Å². The molecule has 1 nitrogen and oxygen atoms in total. The molecule has 5 rings (SSSR count). The van der Waals surface area contributed by atoms with E-state index in [0.29, 0.717) is 11.3 Å². The first-order valence-electron chi connectivity index (χ1n) is 8.11. The highest BCUT2D eigenvalue weighted by Crippen LogP contribution is 2.51. The molecule has 1 aliphatic rings. The molecule has 0 fully saturated rings. The molecule has 0 aliphatic carbocycles. The predicted molar refractivity (Wildman–Crippen MR) is 102 cm³/mol. The van der Waals surface area contributed by atoms with Gasteiger partial charge in [0.05, 0.1) is 0 Å². The molecule has 1 aromatic heterocycles. The Hall–Kier alpha value is -2.10. The molecule has 1 aliphatic heterocycles. The van der Waals surface area contributed by atoms with E-state index in [2.05, 4.69) is 89.5 Å². The maximum absolute atomic E-state index is 2.54. The van der Waals surface area contributed by atoms with Crippen LogP contribution in [0.1, 0.15) is 22.4 Å². The summed E-state index contributed by atoms with van der Waals surface area (Å²) in [5.74, 6) is 0. The third kappa shape index (κ3) is 2.20. The standard InChI is InChI=1S/C21H16NS2/c1-3-9-15(10-4-1)19-20(16-11-5-2-6-12-16)24-21-22(19)17-13-7-8-14-18(17)23-21/h1-14,19-20H/q+1. The third-order valence-electron chi connectivity index (χ3n) is 4.58. The van der Waals surface area contributed by atoms with E-state index in [1.165, 1.54) is 25.7 Å². The van der Waals surface area contributed by atoms with Crippen LogP contribution in [-0.4, -0.2) is 0 Å². The zero-order valence-electron chi connectivity index (χ0n) is 13.0. The number of hydrogen-bond acceptors (Lipinski definition) is 2. The quantitative estimate of drug-likeness (QED) is 0.426. The van der Waals surface area contributed by atoms with Crippen LogP contribution in [0.5, 0.6) is 0 Å². The molecule has 0 saturated carbocycles. The Morgan fingerprint density at radius 3 is 2.04 bits per heavy atom. The predicted octanol–water partition coefficient (Wildman–Crippen LogP) is 5.63. The van der Waals surface area contributed by atoms with E-state index in [9.17, 15) is 0 Å². The Labute approximate surface area is 149 Å². The molecule has 0 saturated heterocycles. The van der Waals surface area contributed by atoms with Gasteiger partial charge in [-0.1, -0.05) is 84.1 Å². The Bertz CT molecular complexity index is 992. The fraction of sp³-hybridized carbons (Fsp3) is 0.0952. The van der Waals surface area contributed by atoms with Crippen molar-refractivity contribution in [3.8, 4) is 0 Å². The molecule has 0 N–H and O–H groups in total. The molecule has 3 aromatic carbocycles. The van der Waals surface area contributed by atoms with Crippen LogP contribution in [0, 0.1) is 0 Å². The van der Waals surface area contributed by atoms with Gasteiger partial charge in [0.1, 0.15) is 9.95 Å². The Morgan fingerprint density at radius 2 is 1.29 bits per heavy atom. The summed E-state index contributed by atoms with van der Waals surface area (Å²) in [5.41, 5.74) is 4.12. The largest absolute Gasteiger partial charge is 0.299 e. The topological polar surface area (TPSA) is 3.88 Å². The molecule has 0 bridgehead atoms. The minimum Gasteiger partial charge on any atom is -0.168 e. The van der Waals surface area contributed by atoms with Gasteiger partial charge in [0.15, 0.2) is 0 Å². The van der Waals surface area contributed by atoms with E-state index in [-0.39, 0.29) is 0 Å². The lowest BCUT2D eigenvalue weighted by molar-refractivity contribution is -0.712. The van der Waals surface area contributed by atoms with Gasteiger partial charge < -0.3 is 0 Å². The maximum atomic E-state index is 2.54. The van der Waals surface area contributed by atoms with Crippen molar-refractivity contribution >= 4 is 33.3 Å². The van der Waals surface area contributed by atoms with Gasteiger partial charge in [-0.05, 0) is 23.4 Å². The lowest BCUT2D eigenvalue weighted by Gasteiger charge is -2.15. The van der Waals surface area contributed by atoms with E-state index in [1.54, 1.807) is 0 Å². The van der Waals surface area contributed by atoms with E-state index in [0.717, 1.165) is 0 Å². The first-order chi connectivity index (χ1) is 11.9. The van der Waals surface area contributed by atoms with Crippen molar-refractivity contribution in [1.82, 2.24) is 0 Å². The average molecular weight is 347 g/mol. The summed E-state index contributed by atoms with van der Waals surface area (Å²) in [4.78, 5) is 0. The second-order valence-corrected chi connectivity index (χ2v) is 8.43. The SMILES string of the molecule is c1ccc(C2Sc3sc4ccccc4[n+]3C2c2ccccc2)cc1. The van der Waals surface area contributed by atoms with Gasteiger partial charge in [-0.25, -0.2) is 0 Å². The third-order valence-corrected chi connectivity index (χ3v) is 7.24. The summed E-state index contributed by atoms with van der Waals surface area (Å²) in [6.45, 7) is 0. The lowest BCUT2D eigenvalue weighted by atomic mass is 9.98. The van der Waals surface area contributed by atoms with Crippen LogP contribution in [0.15, 0.2) is 89.3 Å². The van der Waals surface area contributed by atoms with Gasteiger partial charge in [0.25, 0.3) is 4.34 Å². The van der Waals surface area contributed by atoms with Crippen molar-refractivity contribution < 1.29 is 4.57 Å². The summed E-state index contributed by atoms with van der Waals surface area (Å²) in [5, 5.41) is 0.421. The molecule has 2 heterocycles. The van der Waals surface area contributed by atoms with Gasteiger partial charge in [-0.3, -0.25) is 0 Å². The maximum Gasteiger partial charge on any atom is 0.299 e. The number of hydrogen-bond donors (Lipinski definition) is 0. The summed E-state index contributed by atoms with van der Waals surface area (Å²) < 4.78 is 5.31. The van der Waals surface area contributed by atoms with Crippen LogP contribution in [-0.2, 0) is 0 Å². The zero-order valence-corrected chi connectivity index (χ0v) is 14.6. The van der Waals surface area contributed by atoms with Gasteiger partial charge in [0.2, 0.25) is 11.6 Å². The normalized spacial score (nSPS) is 19.5. The minimum atomic E-state index is 0.338. The highest BCUT2D eigenvalue weighted by molar-refractivity contribution is 8.01. The first kappa shape index (κ1) is 14.3. The summed E-state index contributed by atoms with van der Waals surface area (Å²) in [6.07, 6.45) is 0. The Balaban J connectivity index is 1.74. The number of rotatable bonds is 2. The molecule has 3 heteroatoms. The van der Waals surface area contributed by atoms with Crippen LogP contribution in [0.2, 0.25) is 0 Å². The lowest BCUT2D eigenvalue weighted by Crippen LogP contribution is -2.38. The van der Waals surface area contributed by atoms with Gasteiger partial charge in [-0.2, -0.15) is 4.57 Å². The number of benzene rings is 3. The van der Waals surface area contributed by atoms with Gasteiger partial charge >= 0.3 is 0 Å². The highest BCUT2D eigenvalue weighted by atomic mass is 32.2. The number of fused-ring (bicyclic) bond motifs is 3. The average Bonchev–Trinajstić information content (AvgIpc) is 3.19. The zero-order chi connectivity index (χ0) is 15.9. The van der Waals surface area contributed by atoms with Crippen LogP contribution in [0.25, 0.3) is 10.2 Å². The fourth-order valence-corrected chi connectivity index (χ4v) is 6.44. The fourth-order valence-electron chi connectivity index (χ4n) is 3.50. The molecule has 0 radical (unpaired) electrons. The number of nitrogens with zero attached hydrogens (tertiary/aromatic N) is 1. The van der Waals surface area contributed by atoms with Gasteiger partial charge in [0, 0.05) is 11.6 Å². The second kappa shape index (κ2) is 5.76. The van der Waals surface area contributed by atoms with Crippen LogP contribution >= 0.6 is 23.1 Å². The molecule has 116 valence electrons. The van der Waals surface area contributed by atoms with Crippen molar-refractivity contribution in [2.75, 3.05) is 0 Å². The van der Waals surface area contributed by atoms with Crippen molar-refractivity contribution in [3.63, 3.8) is 0 Å². The Kier molecular flexibility index (Phi) is 3.42. The first-order valence-corrected chi connectivity index (χ1v) is 9.81. The highest BCUT2D eigenvalue weighted by Gasteiger charge is 2.46. The van der Waals surface area contributed by atoms with Gasteiger partial charge in [-0.15, -0.1) is 0 Å². The minimum absolute atomic E-state index is 0.338. The number of thiazole rings is 1. The van der Waals surface area contributed by atoms with Crippen molar-refractivity contribution in [2.45, 2.75) is 15.6 Å². The number of thioether (sulfide) groups is 1. The molecule has 4 aromatic rings. The van der Waals surface area contributed by atoms with E-state index >= 15 is 0 Å². The molecule has 0 amide bonds. The summed E-state index contributed by atoms with van der Waals surface area (Å²) in [6, 6.07) is 30.9. The second-order valence-electron chi connectivity index (χ2n) is 6.01. The van der Waals surface area contributed by atoms with Crippen molar-refractivity contribution in [2.24, 2.45) is 0 Å². The monoisotopic (exact) mass is 346 g/mol. The number of aromatic nitrogens is 1.